The van der Waals surface area contributed by atoms with Crippen molar-refractivity contribution in [2.24, 2.45) is 10.9 Å². The fraction of sp³-hybridized carbons (Fsp3) is 0.667. The Bertz CT molecular complexity index is 467. The lowest BCUT2D eigenvalue weighted by Crippen LogP contribution is -2.37. The number of nitrogens with zero attached hydrogens (tertiary/aromatic N) is 2. The van der Waals surface area contributed by atoms with Crippen LogP contribution in [-0.2, 0) is 11.3 Å². The Balaban J connectivity index is 0.00000576. The third kappa shape index (κ3) is 12.0. The van der Waals surface area contributed by atoms with Crippen LogP contribution >= 0.6 is 24.0 Å². The van der Waals surface area contributed by atoms with Crippen molar-refractivity contribution in [2.75, 3.05) is 33.4 Å². The van der Waals surface area contributed by atoms with Crippen molar-refractivity contribution >= 4 is 29.9 Å². The van der Waals surface area contributed by atoms with Crippen molar-refractivity contribution in [2.45, 2.75) is 40.2 Å². The summed E-state index contributed by atoms with van der Waals surface area (Å²) in [7, 11) is 1.65. The first-order chi connectivity index (χ1) is 11.7. The second-order valence-corrected chi connectivity index (χ2v) is 6.00. The molecule has 144 valence electrons. The quantitative estimate of drug-likeness (QED) is 0.228. The third-order valence-corrected chi connectivity index (χ3v) is 3.35. The number of methoxy groups -OCH3 is 1. The van der Waals surface area contributed by atoms with E-state index in [1.54, 1.807) is 13.3 Å². The fourth-order valence-corrected chi connectivity index (χ4v) is 2.05. The van der Waals surface area contributed by atoms with Crippen molar-refractivity contribution in [3.8, 4) is 5.88 Å². The highest BCUT2D eigenvalue weighted by Gasteiger charge is 2.00. The van der Waals surface area contributed by atoms with E-state index in [2.05, 4.69) is 41.4 Å². The van der Waals surface area contributed by atoms with Crippen LogP contribution in [0.25, 0.3) is 0 Å². The molecule has 0 aliphatic rings. The van der Waals surface area contributed by atoms with Crippen molar-refractivity contribution in [1.29, 1.82) is 0 Å². The molecule has 0 amide bonds. The van der Waals surface area contributed by atoms with Crippen molar-refractivity contribution in [3.63, 3.8) is 0 Å². The smallest absolute Gasteiger partial charge is 0.213 e. The summed E-state index contributed by atoms with van der Waals surface area (Å²) in [5.74, 6) is 2.20. The topological polar surface area (TPSA) is 67.8 Å². The molecular weight excluding hydrogens is 431 g/mol. The molecule has 0 bridgehead atoms. The number of nitrogens with one attached hydrogen (secondary N) is 2. The van der Waals surface area contributed by atoms with E-state index in [0.29, 0.717) is 25.6 Å². The van der Waals surface area contributed by atoms with Crippen LogP contribution in [0.15, 0.2) is 23.3 Å². The predicted molar refractivity (Wildman–Crippen MR) is 114 cm³/mol. The molecule has 2 N–H and O–H groups in total. The van der Waals surface area contributed by atoms with Gasteiger partial charge in [0.1, 0.15) is 6.61 Å². The molecule has 0 saturated carbocycles. The second-order valence-electron chi connectivity index (χ2n) is 6.00. The summed E-state index contributed by atoms with van der Waals surface area (Å²) in [5.41, 5.74) is 1.05. The van der Waals surface area contributed by atoms with Gasteiger partial charge in [0, 0.05) is 32.5 Å². The zero-order valence-electron chi connectivity index (χ0n) is 15.9. The minimum Gasteiger partial charge on any atom is -0.475 e. The molecular formula is C18H33IN4O2. The molecule has 0 aliphatic carbocycles. The Hall–Kier alpha value is -1.09. The van der Waals surface area contributed by atoms with Gasteiger partial charge in [-0.05, 0) is 31.2 Å². The van der Waals surface area contributed by atoms with E-state index in [0.717, 1.165) is 37.0 Å². The van der Waals surface area contributed by atoms with E-state index >= 15 is 0 Å². The molecule has 1 rings (SSSR count). The zero-order valence-corrected chi connectivity index (χ0v) is 18.2. The molecule has 0 spiro atoms. The standard InChI is InChI=1S/C18H32N4O2.HI/c1-5-19-18(20-10-6-7-15(2)3)22-14-16-8-9-17(21-13-16)24-12-11-23-4;/h8-9,13,15H,5-7,10-12,14H2,1-4H3,(H2,19,20,22);1H. The number of rotatable bonds is 11. The molecule has 7 heteroatoms. The zero-order chi connectivity index (χ0) is 17.6. The molecule has 0 unspecified atom stereocenters. The number of aliphatic imine (C=N–C) groups is 1. The third-order valence-electron chi connectivity index (χ3n) is 3.35. The van der Waals surface area contributed by atoms with E-state index in [4.69, 9.17) is 9.47 Å². The van der Waals surface area contributed by atoms with E-state index < -0.39 is 0 Å². The maximum atomic E-state index is 5.45. The van der Waals surface area contributed by atoms with Gasteiger partial charge in [-0.25, -0.2) is 9.98 Å². The van der Waals surface area contributed by atoms with E-state index in [-0.39, 0.29) is 24.0 Å². The van der Waals surface area contributed by atoms with Crippen molar-refractivity contribution in [1.82, 2.24) is 15.6 Å². The van der Waals surface area contributed by atoms with Gasteiger partial charge in [-0.15, -0.1) is 24.0 Å². The van der Waals surface area contributed by atoms with Crippen LogP contribution in [0.2, 0.25) is 0 Å². The van der Waals surface area contributed by atoms with Gasteiger partial charge >= 0.3 is 0 Å². The minimum atomic E-state index is 0. The highest BCUT2D eigenvalue weighted by Crippen LogP contribution is 2.08. The highest BCUT2D eigenvalue weighted by molar-refractivity contribution is 14.0. The lowest BCUT2D eigenvalue weighted by Gasteiger charge is -2.12. The SMILES string of the molecule is CCNC(=NCc1ccc(OCCOC)nc1)NCCCC(C)C.I. The summed E-state index contributed by atoms with van der Waals surface area (Å²) in [6, 6.07) is 3.85. The highest BCUT2D eigenvalue weighted by atomic mass is 127. The van der Waals surface area contributed by atoms with Crippen LogP contribution in [0.4, 0.5) is 0 Å². The molecule has 0 fully saturated rings. The molecule has 1 aromatic rings. The van der Waals surface area contributed by atoms with Gasteiger partial charge in [-0.3, -0.25) is 0 Å². The number of hydrogen-bond acceptors (Lipinski definition) is 4. The number of aromatic nitrogens is 1. The molecule has 0 radical (unpaired) electrons. The normalized spacial score (nSPS) is 11.2. The van der Waals surface area contributed by atoms with Crippen LogP contribution in [0.1, 0.15) is 39.2 Å². The molecule has 0 saturated heterocycles. The first kappa shape index (κ1) is 23.9. The maximum Gasteiger partial charge on any atom is 0.213 e. The van der Waals surface area contributed by atoms with E-state index in [1.807, 2.05) is 12.1 Å². The Kier molecular flexibility index (Phi) is 14.5. The monoisotopic (exact) mass is 464 g/mol. The van der Waals surface area contributed by atoms with Gasteiger partial charge in [0.15, 0.2) is 5.96 Å². The number of halogens is 1. The molecule has 0 atom stereocenters. The van der Waals surface area contributed by atoms with Crippen LogP contribution in [0.5, 0.6) is 5.88 Å². The van der Waals surface area contributed by atoms with Crippen LogP contribution in [0.3, 0.4) is 0 Å². The Labute approximate surface area is 169 Å². The van der Waals surface area contributed by atoms with Gasteiger partial charge in [-0.2, -0.15) is 0 Å². The summed E-state index contributed by atoms with van der Waals surface area (Å²) in [5, 5.41) is 6.64. The number of hydrogen-bond donors (Lipinski definition) is 2. The average molecular weight is 464 g/mol. The Morgan fingerprint density at radius 1 is 1.24 bits per heavy atom. The Morgan fingerprint density at radius 2 is 2.04 bits per heavy atom. The van der Waals surface area contributed by atoms with E-state index in [9.17, 15) is 0 Å². The van der Waals surface area contributed by atoms with Gasteiger partial charge in [-0.1, -0.05) is 19.9 Å². The van der Waals surface area contributed by atoms with Crippen LogP contribution < -0.4 is 15.4 Å². The summed E-state index contributed by atoms with van der Waals surface area (Å²) in [6.45, 7) is 10.00. The molecule has 1 heterocycles. The Morgan fingerprint density at radius 3 is 2.64 bits per heavy atom. The average Bonchev–Trinajstić information content (AvgIpc) is 2.57. The number of ether oxygens (including phenoxy) is 2. The fourth-order valence-electron chi connectivity index (χ4n) is 2.05. The lowest BCUT2D eigenvalue weighted by molar-refractivity contribution is 0.143. The molecule has 0 aliphatic heterocycles. The molecule has 1 aromatic heterocycles. The van der Waals surface area contributed by atoms with Gasteiger partial charge in [0.25, 0.3) is 0 Å². The predicted octanol–water partition coefficient (Wildman–Crippen LogP) is 3.22. The summed E-state index contributed by atoms with van der Waals surface area (Å²) < 4.78 is 10.4. The second kappa shape index (κ2) is 15.2. The van der Waals surface area contributed by atoms with Gasteiger partial charge in [0.2, 0.25) is 5.88 Å². The largest absolute Gasteiger partial charge is 0.475 e. The van der Waals surface area contributed by atoms with Gasteiger partial charge < -0.3 is 20.1 Å². The van der Waals surface area contributed by atoms with Crippen LogP contribution in [-0.4, -0.2) is 44.4 Å². The molecule has 25 heavy (non-hydrogen) atoms. The molecule has 0 aromatic carbocycles. The van der Waals surface area contributed by atoms with Crippen molar-refractivity contribution in [3.05, 3.63) is 23.9 Å². The maximum absolute atomic E-state index is 5.45. The van der Waals surface area contributed by atoms with Crippen LogP contribution in [0, 0.1) is 5.92 Å². The minimum absolute atomic E-state index is 0. The first-order valence-electron chi connectivity index (χ1n) is 8.74. The van der Waals surface area contributed by atoms with Gasteiger partial charge in [0.05, 0.1) is 13.2 Å². The summed E-state index contributed by atoms with van der Waals surface area (Å²) >= 11 is 0. The first-order valence-corrected chi connectivity index (χ1v) is 8.74. The lowest BCUT2D eigenvalue weighted by atomic mass is 10.1. The van der Waals surface area contributed by atoms with E-state index in [1.165, 1.54) is 6.42 Å². The number of pyridine rings is 1. The van der Waals surface area contributed by atoms with Crippen molar-refractivity contribution < 1.29 is 9.47 Å². The number of guanidine groups is 1. The summed E-state index contributed by atoms with van der Waals surface area (Å²) in [6.07, 6.45) is 4.17. The molecule has 6 nitrogen and oxygen atoms in total. The summed E-state index contributed by atoms with van der Waals surface area (Å²) in [4.78, 5) is 8.88.